The Hall–Kier alpha value is -0.940. The molecule has 3 atom stereocenters. The molecule has 1 aromatic heterocycles. The molecule has 0 bridgehead atoms. The van der Waals surface area contributed by atoms with Crippen LogP contribution in [0.25, 0.3) is 0 Å². The van der Waals surface area contributed by atoms with E-state index in [1.165, 1.54) is 0 Å². The Balaban J connectivity index is 1.88. The van der Waals surface area contributed by atoms with Crippen molar-refractivity contribution in [2.75, 3.05) is 19.8 Å². The van der Waals surface area contributed by atoms with Gasteiger partial charge in [0.1, 0.15) is 0 Å². The van der Waals surface area contributed by atoms with Crippen molar-refractivity contribution < 1.29 is 9.26 Å². The minimum absolute atomic E-state index is 0.243. The van der Waals surface area contributed by atoms with Gasteiger partial charge in [-0.3, -0.25) is 0 Å². The van der Waals surface area contributed by atoms with E-state index >= 15 is 0 Å². The standard InChI is InChI=1S/C14H25N3O2/c1-4-6-15-11(3)10(2)14-16-13(17-19-14)8-12-5-7-18-9-12/h10-12,15H,4-9H2,1-3H3. The lowest BCUT2D eigenvalue weighted by atomic mass is 10.0. The quantitative estimate of drug-likeness (QED) is 0.820. The monoisotopic (exact) mass is 267 g/mol. The minimum atomic E-state index is 0.243. The Morgan fingerprint density at radius 3 is 2.95 bits per heavy atom. The smallest absolute Gasteiger partial charge is 0.231 e. The second kappa shape index (κ2) is 7.01. The van der Waals surface area contributed by atoms with Crippen molar-refractivity contribution in [1.82, 2.24) is 15.5 Å². The van der Waals surface area contributed by atoms with Crippen LogP contribution in [0.1, 0.15) is 51.2 Å². The summed E-state index contributed by atoms with van der Waals surface area (Å²) in [6.45, 7) is 9.17. The lowest BCUT2D eigenvalue weighted by molar-refractivity contribution is 0.185. The van der Waals surface area contributed by atoms with Gasteiger partial charge in [0.05, 0.1) is 5.92 Å². The maximum atomic E-state index is 5.40. The topological polar surface area (TPSA) is 60.2 Å². The number of aromatic nitrogens is 2. The average molecular weight is 267 g/mol. The van der Waals surface area contributed by atoms with Gasteiger partial charge in [-0.25, -0.2) is 0 Å². The molecule has 0 aliphatic carbocycles. The number of nitrogens with zero attached hydrogens (tertiary/aromatic N) is 2. The lowest BCUT2D eigenvalue weighted by Gasteiger charge is -2.17. The fourth-order valence-electron chi connectivity index (χ4n) is 2.30. The van der Waals surface area contributed by atoms with Gasteiger partial charge in [-0.15, -0.1) is 0 Å². The van der Waals surface area contributed by atoms with Gasteiger partial charge in [0, 0.05) is 25.7 Å². The molecule has 2 heterocycles. The van der Waals surface area contributed by atoms with Crippen LogP contribution in [0, 0.1) is 5.92 Å². The summed E-state index contributed by atoms with van der Waals surface area (Å²) in [7, 11) is 0. The number of hydrogen-bond acceptors (Lipinski definition) is 5. The lowest BCUT2D eigenvalue weighted by Crippen LogP contribution is -2.31. The van der Waals surface area contributed by atoms with Crippen LogP contribution in [-0.4, -0.2) is 35.9 Å². The van der Waals surface area contributed by atoms with Crippen LogP contribution < -0.4 is 5.32 Å². The van der Waals surface area contributed by atoms with Crippen molar-refractivity contribution in [3.8, 4) is 0 Å². The highest BCUT2D eigenvalue weighted by Gasteiger charge is 2.23. The number of nitrogens with one attached hydrogen (secondary N) is 1. The molecule has 108 valence electrons. The summed E-state index contributed by atoms with van der Waals surface area (Å²) in [5.41, 5.74) is 0. The molecular formula is C14H25N3O2. The fraction of sp³-hybridized carbons (Fsp3) is 0.857. The summed E-state index contributed by atoms with van der Waals surface area (Å²) in [5.74, 6) is 2.36. The van der Waals surface area contributed by atoms with Crippen molar-refractivity contribution in [2.24, 2.45) is 5.92 Å². The summed E-state index contributed by atoms with van der Waals surface area (Å²) < 4.78 is 10.8. The molecular weight excluding hydrogens is 242 g/mol. The Morgan fingerprint density at radius 1 is 1.42 bits per heavy atom. The highest BCUT2D eigenvalue weighted by atomic mass is 16.5. The third-order valence-electron chi connectivity index (χ3n) is 3.83. The van der Waals surface area contributed by atoms with E-state index in [0.29, 0.717) is 12.0 Å². The van der Waals surface area contributed by atoms with Gasteiger partial charge < -0.3 is 14.6 Å². The van der Waals surface area contributed by atoms with Gasteiger partial charge in [-0.2, -0.15) is 4.98 Å². The zero-order chi connectivity index (χ0) is 13.7. The summed E-state index contributed by atoms with van der Waals surface area (Å²) in [4.78, 5) is 4.53. The van der Waals surface area contributed by atoms with Crippen LogP contribution in [0.5, 0.6) is 0 Å². The first-order chi connectivity index (χ1) is 9.20. The van der Waals surface area contributed by atoms with Gasteiger partial charge in [0.25, 0.3) is 0 Å². The number of hydrogen-bond donors (Lipinski definition) is 1. The van der Waals surface area contributed by atoms with Crippen molar-refractivity contribution in [3.05, 3.63) is 11.7 Å². The second-order valence-corrected chi connectivity index (χ2v) is 5.51. The molecule has 5 nitrogen and oxygen atoms in total. The number of ether oxygens (including phenoxy) is 1. The predicted molar refractivity (Wildman–Crippen MR) is 73.1 cm³/mol. The maximum absolute atomic E-state index is 5.40. The van der Waals surface area contributed by atoms with E-state index in [0.717, 1.165) is 50.7 Å². The maximum Gasteiger partial charge on any atom is 0.231 e. The van der Waals surface area contributed by atoms with Crippen LogP contribution in [0.3, 0.4) is 0 Å². The fourth-order valence-corrected chi connectivity index (χ4v) is 2.30. The van der Waals surface area contributed by atoms with Crippen LogP contribution in [-0.2, 0) is 11.2 Å². The third kappa shape index (κ3) is 4.01. The molecule has 19 heavy (non-hydrogen) atoms. The van der Waals surface area contributed by atoms with Gasteiger partial charge in [0.2, 0.25) is 5.89 Å². The van der Waals surface area contributed by atoms with Crippen molar-refractivity contribution in [3.63, 3.8) is 0 Å². The normalized spacial score (nSPS) is 22.6. The molecule has 1 aliphatic rings. The van der Waals surface area contributed by atoms with E-state index in [9.17, 15) is 0 Å². The number of rotatable bonds is 7. The second-order valence-electron chi connectivity index (χ2n) is 5.51. The van der Waals surface area contributed by atoms with E-state index in [1.54, 1.807) is 0 Å². The first-order valence-corrected chi connectivity index (χ1v) is 7.34. The van der Waals surface area contributed by atoms with Crippen molar-refractivity contribution in [1.29, 1.82) is 0 Å². The van der Waals surface area contributed by atoms with Gasteiger partial charge in [-0.1, -0.05) is 19.0 Å². The van der Waals surface area contributed by atoms with Crippen LogP contribution >= 0.6 is 0 Å². The molecule has 0 amide bonds. The molecule has 5 heteroatoms. The Kier molecular flexibility index (Phi) is 5.34. The van der Waals surface area contributed by atoms with Gasteiger partial charge in [-0.05, 0) is 32.2 Å². The summed E-state index contributed by atoms with van der Waals surface area (Å²) >= 11 is 0. The Labute approximate surface area is 115 Å². The van der Waals surface area contributed by atoms with Gasteiger partial charge >= 0.3 is 0 Å². The van der Waals surface area contributed by atoms with E-state index < -0.39 is 0 Å². The van der Waals surface area contributed by atoms with E-state index in [1.807, 2.05) is 0 Å². The molecule has 1 aromatic rings. The molecule has 0 spiro atoms. The molecule has 0 radical (unpaired) electrons. The highest BCUT2D eigenvalue weighted by molar-refractivity contribution is 4.97. The van der Waals surface area contributed by atoms with E-state index in [-0.39, 0.29) is 5.92 Å². The van der Waals surface area contributed by atoms with Gasteiger partial charge in [0.15, 0.2) is 5.82 Å². The predicted octanol–water partition coefficient (Wildman–Crippen LogP) is 2.14. The third-order valence-corrected chi connectivity index (χ3v) is 3.83. The SMILES string of the molecule is CCCNC(C)C(C)c1nc(CC2CCOC2)no1. The first-order valence-electron chi connectivity index (χ1n) is 7.34. The Bertz CT molecular complexity index is 375. The summed E-state index contributed by atoms with van der Waals surface area (Å²) in [6.07, 6.45) is 3.11. The van der Waals surface area contributed by atoms with Crippen LogP contribution in [0.2, 0.25) is 0 Å². The first kappa shape index (κ1) is 14.5. The van der Waals surface area contributed by atoms with E-state index in [4.69, 9.17) is 9.26 Å². The molecule has 0 saturated carbocycles. The molecule has 3 unspecified atom stereocenters. The minimum Gasteiger partial charge on any atom is -0.381 e. The van der Waals surface area contributed by atoms with Crippen LogP contribution in [0.4, 0.5) is 0 Å². The Morgan fingerprint density at radius 2 is 2.26 bits per heavy atom. The molecule has 1 fully saturated rings. The highest BCUT2D eigenvalue weighted by Crippen LogP contribution is 2.20. The zero-order valence-corrected chi connectivity index (χ0v) is 12.2. The molecule has 1 aliphatic heterocycles. The van der Waals surface area contributed by atoms with E-state index in [2.05, 4.69) is 36.2 Å². The summed E-state index contributed by atoms with van der Waals surface area (Å²) in [5, 5.41) is 7.56. The molecule has 1 saturated heterocycles. The zero-order valence-electron chi connectivity index (χ0n) is 12.2. The largest absolute Gasteiger partial charge is 0.381 e. The average Bonchev–Trinajstić information content (AvgIpc) is 3.07. The molecule has 0 aromatic carbocycles. The summed E-state index contributed by atoms with van der Waals surface area (Å²) in [6, 6.07) is 0.350. The molecule has 1 N–H and O–H groups in total. The van der Waals surface area contributed by atoms with Crippen molar-refractivity contribution >= 4 is 0 Å². The molecule has 2 rings (SSSR count). The van der Waals surface area contributed by atoms with Crippen LogP contribution in [0.15, 0.2) is 4.52 Å². The van der Waals surface area contributed by atoms with Crippen molar-refractivity contribution in [2.45, 2.75) is 52.0 Å².